The van der Waals surface area contributed by atoms with Crippen LogP contribution in [0.5, 0.6) is 0 Å². The molecular formula is C12H14O2S. The summed E-state index contributed by atoms with van der Waals surface area (Å²) in [5.41, 5.74) is 0. The Kier molecular flexibility index (Phi) is 8.31. The van der Waals surface area contributed by atoms with Gasteiger partial charge in [0.05, 0.1) is 12.0 Å². The molecule has 0 aliphatic heterocycles. The average molecular weight is 222 g/mol. The molecule has 80 valence electrons. The molecule has 0 aromatic rings. The first-order valence-electron chi connectivity index (χ1n) is 4.37. The van der Waals surface area contributed by atoms with Gasteiger partial charge >= 0.3 is 5.97 Å². The van der Waals surface area contributed by atoms with E-state index in [9.17, 15) is 4.79 Å². The summed E-state index contributed by atoms with van der Waals surface area (Å²) in [5.74, 6) is 5.45. The number of rotatable bonds is 3. The van der Waals surface area contributed by atoms with Crippen molar-refractivity contribution in [2.24, 2.45) is 0 Å². The van der Waals surface area contributed by atoms with Crippen LogP contribution < -0.4 is 0 Å². The lowest BCUT2D eigenvalue weighted by atomic mass is 10.4. The zero-order chi connectivity index (χ0) is 11.5. The normalized spacial score (nSPS) is 11.5. The molecule has 0 saturated carbocycles. The summed E-state index contributed by atoms with van der Waals surface area (Å²) in [4.78, 5) is 11.6. The smallest absolute Gasteiger partial charge is 0.330 e. The largest absolute Gasteiger partial charge is 0.466 e. The standard InChI is InChI=1S/C12H14O2S/c1-4-5-6-8-11(15-3)9-7-10-12(13)14-2/h4-5,7,9-10H,1-3H3. The molecular weight excluding hydrogens is 208 g/mol. The zero-order valence-electron chi connectivity index (χ0n) is 9.11. The van der Waals surface area contributed by atoms with Crippen LogP contribution >= 0.6 is 11.8 Å². The Morgan fingerprint density at radius 2 is 2.20 bits per heavy atom. The lowest BCUT2D eigenvalue weighted by Gasteiger charge is -1.89. The van der Waals surface area contributed by atoms with Crippen molar-refractivity contribution in [2.75, 3.05) is 13.4 Å². The van der Waals surface area contributed by atoms with Gasteiger partial charge in [-0.25, -0.2) is 4.79 Å². The maximum Gasteiger partial charge on any atom is 0.330 e. The quantitative estimate of drug-likeness (QED) is 0.318. The van der Waals surface area contributed by atoms with Crippen LogP contribution in [0.15, 0.2) is 35.3 Å². The number of thioether (sulfide) groups is 1. The Hall–Kier alpha value is -1.40. The zero-order valence-corrected chi connectivity index (χ0v) is 9.93. The van der Waals surface area contributed by atoms with E-state index < -0.39 is 0 Å². The topological polar surface area (TPSA) is 26.3 Å². The number of methoxy groups -OCH3 is 1. The molecule has 3 heteroatoms. The molecule has 0 saturated heterocycles. The molecule has 0 aromatic carbocycles. The van der Waals surface area contributed by atoms with E-state index in [2.05, 4.69) is 16.6 Å². The van der Waals surface area contributed by atoms with Gasteiger partial charge in [-0.2, -0.15) is 0 Å². The molecule has 0 heterocycles. The second kappa shape index (κ2) is 9.17. The van der Waals surface area contributed by atoms with E-state index in [-0.39, 0.29) is 5.97 Å². The summed E-state index contributed by atoms with van der Waals surface area (Å²) < 4.78 is 4.46. The van der Waals surface area contributed by atoms with E-state index in [4.69, 9.17) is 0 Å². The lowest BCUT2D eigenvalue weighted by molar-refractivity contribution is -0.134. The predicted molar refractivity (Wildman–Crippen MR) is 65.3 cm³/mol. The Balaban J connectivity index is 4.43. The molecule has 0 amide bonds. The number of esters is 1. The molecule has 0 N–H and O–H groups in total. The molecule has 0 unspecified atom stereocenters. The highest BCUT2D eigenvalue weighted by Crippen LogP contribution is 2.09. The van der Waals surface area contributed by atoms with Gasteiger partial charge in [-0.05, 0) is 25.3 Å². The first-order chi connectivity index (χ1) is 7.24. The van der Waals surface area contributed by atoms with Crippen LogP contribution in [0.2, 0.25) is 0 Å². The van der Waals surface area contributed by atoms with Crippen LogP contribution in [0, 0.1) is 11.8 Å². The van der Waals surface area contributed by atoms with Crippen LogP contribution in [0.25, 0.3) is 0 Å². The van der Waals surface area contributed by atoms with Crippen molar-refractivity contribution in [3.8, 4) is 11.8 Å². The second-order valence-corrected chi connectivity index (χ2v) is 3.23. The van der Waals surface area contributed by atoms with Gasteiger partial charge in [0.15, 0.2) is 0 Å². The fourth-order valence-electron chi connectivity index (χ4n) is 0.639. The van der Waals surface area contributed by atoms with Crippen molar-refractivity contribution < 1.29 is 9.53 Å². The van der Waals surface area contributed by atoms with Crippen LogP contribution in [-0.4, -0.2) is 19.3 Å². The van der Waals surface area contributed by atoms with Crippen molar-refractivity contribution in [3.05, 3.63) is 35.3 Å². The van der Waals surface area contributed by atoms with Gasteiger partial charge in [0, 0.05) is 6.08 Å². The van der Waals surface area contributed by atoms with Gasteiger partial charge in [0.2, 0.25) is 0 Å². The van der Waals surface area contributed by atoms with Gasteiger partial charge in [-0.15, -0.1) is 11.8 Å². The molecule has 0 aliphatic rings. The first kappa shape index (κ1) is 13.6. The van der Waals surface area contributed by atoms with E-state index >= 15 is 0 Å². The van der Waals surface area contributed by atoms with Crippen molar-refractivity contribution in [3.63, 3.8) is 0 Å². The van der Waals surface area contributed by atoms with Crippen molar-refractivity contribution in [1.82, 2.24) is 0 Å². The molecule has 0 rings (SSSR count). The minimum absolute atomic E-state index is 0.367. The van der Waals surface area contributed by atoms with E-state index in [1.165, 1.54) is 24.9 Å². The highest BCUT2D eigenvalue weighted by Gasteiger charge is 1.89. The summed E-state index contributed by atoms with van der Waals surface area (Å²) in [6, 6.07) is 0. The number of hydrogen-bond donors (Lipinski definition) is 0. The van der Waals surface area contributed by atoms with Crippen molar-refractivity contribution >= 4 is 17.7 Å². The van der Waals surface area contributed by atoms with Crippen LogP contribution in [0.4, 0.5) is 0 Å². The van der Waals surface area contributed by atoms with E-state index in [1.807, 2.05) is 19.3 Å². The average Bonchev–Trinajstić information content (AvgIpc) is 2.26. The summed E-state index contributed by atoms with van der Waals surface area (Å²) in [7, 11) is 1.34. The molecule has 0 bridgehead atoms. The molecule has 0 radical (unpaired) electrons. The maximum atomic E-state index is 10.7. The first-order valence-corrected chi connectivity index (χ1v) is 5.60. The van der Waals surface area contributed by atoms with Crippen LogP contribution in [-0.2, 0) is 9.53 Å². The van der Waals surface area contributed by atoms with E-state index in [1.54, 1.807) is 18.2 Å². The van der Waals surface area contributed by atoms with Crippen molar-refractivity contribution in [2.45, 2.75) is 6.92 Å². The highest BCUT2D eigenvalue weighted by molar-refractivity contribution is 8.02. The third-order valence-corrected chi connectivity index (χ3v) is 2.02. The van der Waals surface area contributed by atoms with Gasteiger partial charge in [0.25, 0.3) is 0 Å². The number of carbonyl (C=O) groups excluding carboxylic acids is 1. The molecule has 2 nitrogen and oxygen atoms in total. The third-order valence-electron chi connectivity index (χ3n) is 1.35. The Morgan fingerprint density at radius 1 is 1.47 bits per heavy atom. The number of allylic oxidation sites excluding steroid dienone is 5. The highest BCUT2D eigenvalue weighted by atomic mass is 32.2. The van der Waals surface area contributed by atoms with Crippen LogP contribution in [0.3, 0.4) is 0 Å². The minimum Gasteiger partial charge on any atom is -0.466 e. The maximum absolute atomic E-state index is 10.7. The summed E-state index contributed by atoms with van der Waals surface area (Å²) in [6.45, 7) is 1.91. The third kappa shape index (κ3) is 7.65. The van der Waals surface area contributed by atoms with E-state index in [0.717, 1.165) is 4.91 Å². The molecule has 15 heavy (non-hydrogen) atoms. The molecule has 0 atom stereocenters. The fraction of sp³-hybridized carbons (Fsp3) is 0.250. The van der Waals surface area contributed by atoms with Gasteiger partial charge in [-0.1, -0.05) is 24.0 Å². The lowest BCUT2D eigenvalue weighted by Crippen LogP contribution is -1.92. The Morgan fingerprint density at radius 3 is 2.73 bits per heavy atom. The monoisotopic (exact) mass is 222 g/mol. The Labute approximate surface area is 95.1 Å². The predicted octanol–water partition coefficient (Wildman–Crippen LogP) is 2.54. The summed E-state index contributed by atoms with van der Waals surface area (Å²) in [6.07, 6.45) is 10.3. The summed E-state index contributed by atoms with van der Waals surface area (Å²) >= 11 is 1.53. The number of ether oxygens (including phenoxy) is 1. The molecule has 0 aliphatic carbocycles. The molecule has 0 aromatic heterocycles. The Bertz CT molecular complexity index is 340. The van der Waals surface area contributed by atoms with Crippen LogP contribution in [0.1, 0.15) is 6.92 Å². The minimum atomic E-state index is -0.367. The second-order valence-electron chi connectivity index (χ2n) is 2.39. The van der Waals surface area contributed by atoms with Crippen molar-refractivity contribution in [1.29, 1.82) is 0 Å². The molecule has 0 fully saturated rings. The number of carbonyl (C=O) groups is 1. The SMILES string of the molecule is CC=CC#CC(=CC=CC(=O)OC)SC. The van der Waals surface area contributed by atoms with Gasteiger partial charge in [0.1, 0.15) is 0 Å². The van der Waals surface area contributed by atoms with E-state index in [0.29, 0.717) is 0 Å². The fourth-order valence-corrected chi connectivity index (χ4v) is 1.01. The number of hydrogen-bond acceptors (Lipinski definition) is 3. The van der Waals surface area contributed by atoms with Gasteiger partial charge in [-0.3, -0.25) is 0 Å². The van der Waals surface area contributed by atoms with Gasteiger partial charge < -0.3 is 4.74 Å². The molecule has 0 spiro atoms. The summed E-state index contributed by atoms with van der Waals surface area (Å²) in [5, 5.41) is 0.